The lowest BCUT2D eigenvalue weighted by Gasteiger charge is -2.22. The third-order valence-corrected chi connectivity index (χ3v) is 3.48. The van der Waals surface area contributed by atoms with Gasteiger partial charge in [-0.2, -0.15) is 0 Å². The normalized spacial score (nSPS) is 21.1. The number of carbonyl (C=O) groups excluding carboxylic acids is 1. The quantitative estimate of drug-likeness (QED) is 0.854. The van der Waals surface area contributed by atoms with E-state index in [1.807, 2.05) is 24.0 Å². The predicted octanol–water partition coefficient (Wildman–Crippen LogP) is 1.09. The summed E-state index contributed by atoms with van der Waals surface area (Å²) in [5.74, 6) is 0.702. The van der Waals surface area contributed by atoms with Gasteiger partial charge < -0.3 is 15.2 Å². The maximum atomic E-state index is 12.1. The van der Waals surface area contributed by atoms with Crippen LogP contribution < -0.4 is 10.1 Å². The van der Waals surface area contributed by atoms with Gasteiger partial charge in [-0.1, -0.05) is 0 Å². The molecule has 0 bridgehead atoms. The number of methoxy groups -OCH3 is 1. The van der Waals surface area contributed by atoms with Crippen molar-refractivity contribution < 1.29 is 14.6 Å². The van der Waals surface area contributed by atoms with Gasteiger partial charge in [-0.15, -0.1) is 0 Å². The van der Waals surface area contributed by atoms with Crippen LogP contribution in [0, 0.1) is 0 Å². The summed E-state index contributed by atoms with van der Waals surface area (Å²) >= 11 is 0. The maximum absolute atomic E-state index is 12.1. The van der Waals surface area contributed by atoms with Crippen LogP contribution in [0.1, 0.15) is 13.3 Å². The van der Waals surface area contributed by atoms with Gasteiger partial charge in [0.25, 0.3) is 0 Å². The van der Waals surface area contributed by atoms with E-state index in [9.17, 15) is 9.90 Å². The Balaban J connectivity index is 1.92. The molecule has 1 fully saturated rings. The highest BCUT2D eigenvalue weighted by molar-refractivity contribution is 5.94. The number of aliphatic hydroxyl groups excluding tert-OH is 1. The Morgan fingerprint density at radius 2 is 2.16 bits per heavy atom. The lowest BCUT2D eigenvalue weighted by atomic mass is 10.2. The van der Waals surface area contributed by atoms with Gasteiger partial charge >= 0.3 is 0 Å². The number of hydrogen-bond acceptors (Lipinski definition) is 4. The highest BCUT2D eigenvalue weighted by Gasteiger charge is 2.28. The zero-order chi connectivity index (χ0) is 13.8. The molecule has 19 heavy (non-hydrogen) atoms. The largest absolute Gasteiger partial charge is 0.497 e. The molecule has 1 aromatic rings. The Labute approximate surface area is 113 Å². The number of rotatable bonds is 4. The third kappa shape index (κ3) is 3.45. The number of amides is 1. The standard InChI is InChI=1S/C14H20N2O3/c1-10(16-8-7-12(17)9-16)14(18)15-11-3-5-13(19-2)6-4-11/h3-6,10,12,17H,7-9H2,1-2H3,(H,15,18)/t10?,12-/m0/s1. The average molecular weight is 264 g/mol. The van der Waals surface area contributed by atoms with Crippen LogP contribution in [0.4, 0.5) is 5.69 Å². The van der Waals surface area contributed by atoms with Gasteiger partial charge in [-0.25, -0.2) is 0 Å². The fourth-order valence-corrected chi connectivity index (χ4v) is 2.21. The minimum Gasteiger partial charge on any atom is -0.497 e. The van der Waals surface area contributed by atoms with Crippen molar-refractivity contribution in [2.45, 2.75) is 25.5 Å². The minimum atomic E-state index is -0.309. The summed E-state index contributed by atoms with van der Waals surface area (Å²) in [6.45, 7) is 3.19. The van der Waals surface area contributed by atoms with Crippen LogP contribution in [0.15, 0.2) is 24.3 Å². The summed E-state index contributed by atoms with van der Waals surface area (Å²) in [4.78, 5) is 14.1. The molecule has 1 amide bonds. The molecule has 0 spiro atoms. The van der Waals surface area contributed by atoms with Crippen molar-refractivity contribution in [3.63, 3.8) is 0 Å². The molecule has 1 aliphatic heterocycles. The van der Waals surface area contributed by atoms with E-state index < -0.39 is 0 Å². The molecule has 1 heterocycles. The van der Waals surface area contributed by atoms with Gasteiger partial charge in [0.2, 0.25) is 5.91 Å². The van der Waals surface area contributed by atoms with Crippen LogP contribution in [-0.4, -0.2) is 48.3 Å². The minimum absolute atomic E-state index is 0.0562. The summed E-state index contributed by atoms with van der Waals surface area (Å²) in [6, 6.07) is 6.99. The van der Waals surface area contributed by atoms with Gasteiger partial charge in [-0.3, -0.25) is 9.69 Å². The lowest BCUT2D eigenvalue weighted by Crippen LogP contribution is -2.41. The monoisotopic (exact) mass is 264 g/mol. The van der Waals surface area contributed by atoms with E-state index in [4.69, 9.17) is 4.74 Å². The summed E-state index contributed by atoms with van der Waals surface area (Å²) in [6.07, 6.45) is 0.427. The topological polar surface area (TPSA) is 61.8 Å². The molecule has 2 atom stereocenters. The first-order valence-corrected chi connectivity index (χ1v) is 6.47. The van der Waals surface area contributed by atoms with E-state index in [0.29, 0.717) is 6.54 Å². The number of benzene rings is 1. The lowest BCUT2D eigenvalue weighted by molar-refractivity contribution is -0.120. The van der Waals surface area contributed by atoms with E-state index in [-0.39, 0.29) is 18.1 Å². The fourth-order valence-electron chi connectivity index (χ4n) is 2.21. The van der Waals surface area contributed by atoms with Gasteiger partial charge in [-0.05, 0) is 37.6 Å². The first-order valence-electron chi connectivity index (χ1n) is 6.47. The number of nitrogens with one attached hydrogen (secondary N) is 1. The van der Waals surface area contributed by atoms with Crippen LogP contribution in [0.3, 0.4) is 0 Å². The molecule has 0 saturated carbocycles. The van der Waals surface area contributed by atoms with Gasteiger partial charge in [0.15, 0.2) is 0 Å². The number of anilines is 1. The van der Waals surface area contributed by atoms with E-state index in [2.05, 4.69) is 5.32 Å². The van der Waals surface area contributed by atoms with E-state index in [1.165, 1.54) is 0 Å². The van der Waals surface area contributed by atoms with Crippen LogP contribution in [0.25, 0.3) is 0 Å². The molecule has 1 unspecified atom stereocenters. The SMILES string of the molecule is COc1ccc(NC(=O)C(C)N2CC[C@H](O)C2)cc1. The van der Waals surface area contributed by atoms with Crippen molar-refractivity contribution >= 4 is 11.6 Å². The first kappa shape index (κ1) is 13.8. The van der Waals surface area contributed by atoms with Crippen molar-refractivity contribution in [1.82, 2.24) is 4.90 Å². The predicted molar refractivity (Wildman–Crippen MR) is 73.3 cm³/mol. The summed E-state index contributed by atoms with van der Waals surface area (Å²) in [5.41, 5.74) is 0.748. The highest BCUT2D eigenvalue weighted by Crippen LogP contribution is 2.17. The zero-order valence-corrected chi connectivity index (χ0v) is 11.3. The number of nitrogens with zero attached hydrogens (tertiary/aromatic N) is 1. The summed E-state index contributed by atoms with van der Waals surface area (Å²) in [7, 11) is 1.61. The Hall–Kier alpha value is -1.59. The molecule has 0 aliphatic carbocycles. The molecule has 0 aromatic heterocycles. The Morgan fingerprint density at radius 3 is 2.68 bits per heavy atom. The number of aliphatic hydroxyl groups is 1. The fraction of sp³-hybridized carbons (Fsp3) is 0.500. The van der Waals surface area contributed by atoms with Crippen molar-refractivity contribution in [3.8, 4) is 5.75 Å². The van der Waals surface area contributed by atoms with Crippen LogP contribution >= 0.6 is 0 Å². The Bertz CT molecular complexity index is 433. The molecular formula is C14H20N2O3. The second-order valence-corrected chi connectivity index (χ2v) is 4.83. The highest BCUT2D eigenvalue weighted by atomic mass is 16.5. The van der Waals surface area contributed by atoms with E-state index >= 15 is 0 Å². The smallest absolute Gasteiger partial charge is 0.241 e. The van der Waals surface area contributed by atoms with Crippen molar-refractivity contribution in [3.05, 3.63) is 24.3 Å². The maximum Gasteiger partial charge on any atom is 0.241 e. The average Bonchev–Trinajstić information content (AvgIpc) is 2.85. The summed E-state index contributed by atoms with van der Waals surface area (Å²) in [5, 5.41) is 12.4. The number of carbonyl (C=O) groups is 1. The number of ether oxygens (including phenoxy) is 1. The molecule has 1 aromatic carbocycles. The molecule has 5 nitrogen and oxygen atoms in total. The third-order valence-electron chi connectivity index (χ3n) is 3.48. The van der Waals surface area contributed by atoms with Gasteiger partial charge in [0.1, 0.15) is 5.75 Å². The second kappa shape index (κ2) is 6.04. The van der Waals surface area contributed by atoms with Crippen LogP contribution in [0.5, 0.6) is 5.75 Å². The van der Waals surface area contributed by atoms with Crippen molar-refractivity contribution in [1.29, 1.82) is 0 Å². The van der Waals surface area contributed by atoms with Gasteiger partial charge in [0.05, 0.1) is 19.3 Å². The first-order chi connectivity index (χ1) is 9.10. The second-order valence-electron chi connectivity index (χ2n) is 4.83. The van der Waals surface area contributed by atoms with Crippen molar-refractivity contribution in [2.24, 2.45) is 0 Å². The van der Waals surface area contributed by atoms with Gasteiger partial charge in [0, 0.05) is 18.8 Å². The zero-order valence-electron chi connectivity index (χ0n) is 11.3. The summed E-state index contributed by atoms with van der Waals surface area (Å²) < 4.78 is 5.07. The number of hydrogen-bond donors (Lipinski definition) is 2. The molecule has 1 aliphatic rings. The van der Waals surface area contributed by atoms with Crippen LogP contribution in [0.2, 0.25) is 0 Å². The molecule has 2 N–H and O–H groups in total. The Morgan fingerprint density at radius 1 is 1.47 bits per heavy atom. The van der Waals surface area contributed by atoms with E-state index in [1.54, 1.807) is 19.2 Å². The molecular weight excluding hydrogens is 244 g/mol. The van der Waals surface area contributed by atoms with Crippen molar-refractivity contribution in [2.75, 3.05) is 25.5 Å². The van der Waals surface area contributed by atoms with Crippen LogP contribution in [-0.2, 0) is 4.79 Å². The molecule has 5 heteroatoms. The number of likely N-dealkylation sites (tertiary alicyclic amines) is 1. The molecule has 2 rings (SSSR count). The molecule has 0 radical (unpaired) electrons. The number of β-amino-alcohol motifs (C(OH)–C–C–N with tert-alkyl or cyclic N) is 1. The molecule has 104 valence electrons. The molecule has 1 saturated heterocycles. The Kier molecular flexibility index (Phi) is 4.39. The van der Waals surface area contributed by atoms with E-state index in [0.717, 1.165) is 24.4 Å².